The molecule has 0 bridgehead atoms. The molecule has 32 heavy (non-hydrogen) atoms. The quantitative estimate of drug-likeness (QED) is 0.304. The molecular weight excluding hydrogens is 418 g/mol. The Kier molecular flexibility index (Phi) is 4.95. The molecule has 0 N–H and O–H groups in total. The van der Waals surface area contributed by atoms with Crippen LogP contribution >= 0.6 is 11.8 Å². The predicted molar refractivity (Wildman–Crippen MR) is 124 cm³/mol. The van der Waals surface area contributed by atoms with Gasteiger partial charge in [-0.3, -0.25) is 9.36 Å². The highest BCUT2D eigenvalue weighted by Crippen LogP contribution is 2.28. The van der Waals surface area contributed by atoms with Crippen molar-refractivity contribution in [3.05, 3.63) is 106 Å². The monoisotopic (exact) mass is 433 g/mol. The zero-order valence-corrected chi connectivity index (χ0v) is 17.6. The number of para-hydroxylation sites is 1. The van der Waals surface area contributed by atoms with E-state index in [0.29, 0.717) is 38.6 Å². The minimum atomic E-state index is -0.176. The number of fused-ring (bicyclic) bond motifs is 2. The molecule has 0 aliphatic carbocycles. The minimum absolute atomic E-state index is 0.176. The molecule has 0 radical (unpaired) electrons. The van der Waals surface area contributed by atoms with Gasteiger partial charge in [-0.25, -0.2) is 4.98 Å². The molecule has 0 saturated carbocycles. The summed E-state index contributed by atoms with van der Waals surface area (Å²) >= 11 is 1.40. The Hall–Kier alpha value is -4.33. The van der Waals surface area contributed by atoms with Crippen LogP contribution in [0.15, 0.2) is 89.1 Å². The summed E-state index contributed by atoms with van der Waals surface area (Å²) < 4.78 is 3.49. The van der Waals surface area contributed by atoms with Gasteiger partial charge < -0.3 is 4.40 Å². The van der Waals surface area contributed by atoms with Crippen LogP contribution in [0.2, 0.25) is 0 Å². The van der Waals surface area contributed by atoms with Crippen LogP contribution < -0.4 is 5.56 Å². The maximum absolute atomic E-state index is 13.4. The van der Waals surface area contributed by atoms with E-state index in [4.69, 9.17) is 10.2 Å². The average molecular weight is 433 g/mol. The first-order chi connectivity index (χ1) is 15.7. The van der Waals surface area contributed by atoms with E-state index < -0.39 is 0 Å². The number of benzene rings is 2. The predicted octanol–water partition coefficient (Wildman–Crippen LogP) is 4.67. The number of rotatable bonds is 4. The highest BCUT2D eigenvalue weighted by atomic mass is 32.2. The summed E-state index contributed by atoms with van der Waals surface area (Å²) in [5.74, 6) is 0.478. The second-order valence-corrected chi connectivity index (χ2v) is 8.08. The van der Waals surface area contributed by atoms with Gasteiger partial charge in [-0.2, -0.15) is 10.5 Å². The number of thioether (sulfide) groups is 1. The number of nitriles is 2. The van der Waals surface area contributed by atoms with Gasteiger partial charge in [-0.05, 0) is 54.1 Å². The van der Waals surface area contributed by atoms with Crippen LogP contribution in [0.5, 0.6) is 0 Å². The van der Waals surface area contributed by atoms with Gasteiger partial charge in [0.15, 0.2) is 5.16 Å². The Labute approximate surface area is 187 Å². The van der Waals surface area contributed by atoms with Crippen LogP contribution in [-0.2, 0) is 5.75 Å². The van der Waals surface area contributed by atoms with E-state index in [1.54, 1.807) is 34.9 Å². The summed E-state index contributed by atoms with van der Waals surface area (Å²) in [4.78, 5) is 18.1. The molecule has 7 heteroatoms. The first kappa shape index (κ1) is 19.6. The SMILES string of the molecule is N#Cc1ccc(-n2c(SCc3cn4ccccc4c3C#N)nc3ccccc3c2=O)cc1. The van der Waals surface area contributed by atoms with Crippen molar-refractivity contribution in [2.75, 3.05) is 0 Å². The molecule has 0 aliphatic rings. The molecule has 0 saturated heterocycles. The van der Waals surface area contributed by atoms with Crippen molar-refractivity contribution in [3.63, 3.8) is 0 Å². The van der Waals surface area contributed by atoms with Crippen molar-refractivity contribution in [1.29, 1.82) is 10.5 Å². The van der Waals surface area contributed by atoms with Crippen molar-refractivity contribution in [2.45, 2.75) is 10.9 Å². The fourth-order valence-corrected chi connectivity index (χ4v) is 4.66. The summed E-state index contributed by atoms with van der Waals surface area (Å²) in [5.41, 5.74) is 3.93. The second-order valence-electron chi connectivity index (χ2n) is 7.13. The maximum Gasteiger partial charge on any atom is 0.266 e. The Morgan fingerprint density at radius 3 is 2.50 bits per heavy atom. The van der Waals surface area contributed by atoms with Crippen LogP contribution in [-0.4, -0.2) is 14.0 Å². The third-order valence-corrected chi connectivity index (χ3v) is 6.22. The van der Waals surface area contributed by atoms with Crippen LogP contribution in [0.4, 0.5) is 0 Å². The lowest BCUT2D eigenvalue weighted by Crippen LogP contribution is -2.21. The molecule has 152 valence electrons. The molecule has 3 heterocycles. The largest absolute Gasteiger partial charge is 0.322 e. The zero-order chi connectivity index (χ0) is 22.1. The van der Waals surface area contributed by atoms with E-state index >= 15 is 0 Å². The van der Waals surface area contributed by atoms with Crippen LogP contribution in [0.25, 0.3) is 22.1 Å². The van der Waals surface area contributed by atoms with Gasteiger partial charge in [0.25, 0.3) is 5.56 Å². The summed E-state index contributed by atoms with van der Waals surface area (Å²) in [5, 5.41) is 19.9. The summed E-state index contributed by atoms with van der Waals surface area (Å²) in [6, 6.07) is 24.2. The number of pyridine rings is 1. The Morgan fingerprint density at radius 2 is 1.72 bits per heavy atom. The maximum atomic E-state index is 13.4. The van der Waals surface area contributed by atoms with Crippen molar-refractivity contribution < 1.29 is 0 Å². The third-order valence-electron chi connectivity index (χ3n) is 5.23. The fourth-order valence-electron chi connectivity index (χ4n) is 3.68. The minimum Gasteiger partial charge on any atom is -0.322 e. The highest BCUT2D eigenvalue weighted by molar-refractivity contribution is 7.98. The molecule has 0 unspecified atom stereocenters. The number of nitrogens with zero attached hydrogens (tertiary/aromatic N) is 5. The summed E-state index contributed by atoms with van der Waals surface area (Å²) in [6.45, 7) is 0. The van der Waals surface area contributed by atoms with Gasteiger partial charge in [0.2, 0.25) is 0 Å². The number of hydrogen-bond acceptors (Lipinski definition) is 5. The Bertz CT molecular complexity index is 1620. The molecule has 5 rings (SSSR count). The van der Waals surface area contributed by atoms with Gasteiger partial charge in [-0.1, -0.05) is 30.0 Å². The van der Waals surface area contributed by atoms with Gasteiger partial charge in [0, 0.05) is 18.1 Å². The average Bonchev–Trinajstić information content (AvgIpc) is 3.20. The molecule has 6 nitrogen and oxygen atoms in total. The molecule has 0 aliphatic heterocycles. The lowest BCUT2D eigenvalue weighted by molar-refractivity contribution is 0.819. The first-order valence-electron chi connectivity index (χ1n) is 9.83. The van der Waals surface area contributed by atoms with Crippen LogP contribution in [0, 0.1) is 22.7 Å². The summed E-state index contributed by atoms with van der Waals surface area (Å²) in [7, 11) is 0. The smallest absolute Gasteiger partial charge is 0.266 e. The van der Waals surface area contributed by atoms with Gasteiger partial charge in [-0.15, -0.1) is 0 Å². The van der Waals surface area contributed by atoms with E-state index in [1.165, 1.54) is 11.8 Å². The lowest BCUT2D eigenvalue weighted by atomic mass is 10.2. The highest BCUT2D eigenvalue weighted by Gasteiger charge is 2.16. The molecule has 2 aromatic carbocycles. The van der Waals surface area contributed by atoms with E-state index in [9.17, 15) is 10.1 Å². The number of aromatic nitrogens is 3. The Morgan fingerprint density at radius 1 is 0.938 bits per heavy atom. The van der Waals surface area contributed by atoms with E-state index in [0.717, 1.165) is 11.1 Å². The Balaban J connectivity index is 1.63. The molecule has 0 fully saturated rings. The topological polar surface area (TPSA) is 86.9 Å². The van der Waals surface area contributed by atoms with Gasteiger partial charge in [0.1, 0.15) is 6.07 Å². The number of hydrogen-bond donors (Lipinski definition) is 0. The van der Waals surface area contributed by atoms with Gasteiger partial charge in [0.05, 0.1) is 39.3 Å². The molecule has 0 atom stereocenters. The van der Waals surface area contributed by atoms with Crippen molar-refractivity contribution in [2.24, 2.45) is 0 Å². The van der Waals surface area contributed by atoms with Crippen molar-refractivity contribution in [3.8, 4) is 17.8 Å². The molecule has 0 amide bonds. The molecule has 3 aromatic heterocycles. The molecule has 5 aromatic rings. The lowest BCUT2D eigenvalue weighted by Gasteiger charge is -2.13. The third kappa shape index (κ3) is 3.31. The normalized spacial score (nSPS) is 10.8. The second kappa shape index (κ2) is 8.07. The van der Waals surface area contributed by atoms with E-state index in [-0.39, 0.29) is 5.56 Å². The molecule has 0 spiro atoms. The fraction of sp³-hybridized carbons (Fsp3) is 0.0400. The first-order valence-corrected chi connectivity index (χ1v) is 10.8. The standard InChI is InChI=1S/C25H15N5OS/c26-13-17-8-10-19(11-9-17)30-24(31)20-5-1-2-6-22(20)28-25(30)32-16-18-15-29-12-4-3-7-23(29)21(18)14-27/h1-12,15H,16H2. The van der Waals surface area contributed by atoms with Crippen molar-refractivity contribution in [1.82, 2.24) is 14.0 Å². The molecular formula is C25H15N5OS. The van der Waals surface area contributed by atoms with Gasteiger partial charge >= 0.3 is 0 Å². The van der Waals surface area contributed by atoms with Crippen molar-refractivity contribution >= 4 is 28.2 Å². The van der Waals surface area contributed by atoms with E-state index in [1.807, 2.05) is 53.2 Å². The van der Waals surface area contributed by atoms with Crippen LogP contribution in [0.3, 0.4) is 0 Å². The zero-order valence-electron chi connectivity index (χ0n) is 16.8. The summed E-state index contributed by atoms with van der Waals surface area (Å²) in [6.07, 6.45) is 3.84. The van der Waals surface area contributed by atoms with E-state index in [2.05, 4.69) is 12.1 Å². The van der Waals surface area contributed by atoms with Crippen LogP contribution in [0.1, 0.15) is 16.7 Å².